The number of carbonyl (C=O) groups excluding carboxylic acids is 1. The number of rotatable bonds is 8. The van der Waals surface area contributed by atoms with Crippen LogP contribution in [0, 0.1) is 5.92 Å². The first-order valence-corrected chi connectivity index (χ1v) is 7.59. The van der Waals surface area contributed by atoms with Crippen molar-refractivity contribution in [2.75, 3.05) is 0 Å². The molecule has 1 rings (SSSR count). The number of alkyl halides is 3. The van der Waals surface area contributed by atoms with Gasteiger partial charge in [0.2, 0.25) is 0 Å². The zero-order valence-electron chi connectivity index (χ0n) is 13.9. The summed E-state index contributed by atoms with van der Waals surface area (Å²) in [7, 11) is 0. The summed E-state index contributed by atoms with van der Waals surface area (Å²) in [6.45, 7) is 6.38. The molecule has 0 amide bonds. The molecule has 5 nitrogen and oxygen atoms in total. The van der Waals surface area contributed by atoms with E-state index >= 15 is 0 Å². The van der Waals surface area contributed by atoms with Gasteiger partial charge in [-0.2, -0.15) is 13.2 Å². The van der Waals surface area contributed by atoms with Gasteiger partial charge in [-0.25, -0.2) is 4.98 Å². The molecule has 23 heavy (non-hydrogen) atoms. The summed E-state index contributed by atoms with van der Waals surface area (Å²) in [6, 6.07) is -0.576. The maximum Gasteiger partial charge on any atom is 0.406 e. The lowest BCUT2D eigenvalue weighted by molar-refractivity contribution is -0.150. The van der Waals surface area contributed by atoms with Crippen molar-refractivity contribution in [3.63, 3.8) is 0 Å². The van der Waals surface area contributed by atoms with Gasteiger partial charge in [0, 0.05) is 12.4 Å². The Labute approximate surface area is 134 Å². The average molecular weight is 335 g/mol. The van der Waals surface area contributed by atoms with E-state index in [-0.39, 0.29) is 24.4 Å². The fraction of sp³-hybridized carbons (Fsp3) is 0.733. The van der Waals surface area contributed by atoms with Gasteiger partial charge >= 0.3 is 12.1 Å². The van der Waals surface area contributed by atoms with Crippen LogP contribution < -0.4 is 5.32 Å². The van der Waals surface area contributed by atoms with E-state index in [9.17, 15) is 18.0 Å². The van der Waals surface area contributed by atoms with Gasteiger partial charge in [-0.3, -0.25) is 10.1 Å². The van der Waals surface area contributed by atoms with Gasteiger partial charge in [-0.1, -0.05) is 13.8 Å². The number of hydrogen-bond donors (Lipinski definition) is 1. The normalized spacial score (nSPS) is 13.6. The van der Waals surface area contributed by atoms with E-state index in [1.807, 2.05) is 13.8 Å². The minimum Gasteiger partial charge on any atom is -0.462 e. The van der Waals surface area contributed by atoms with Crippen LogP contribution in [0.3, 0.4) is 0 Å². The smallest absolute Gasteiger partial charge is 0.406 e. The van der Waals surface area contributed by atoms with Gasteiger partial charge in [-0.15, -0.1) is 0 Å². The zero-order valence-corrected chi connectivity index (χ0v) is 13.9. The van der Waals surface area contributed by atoms with Crippen molar-refractivity contribution < 1.29 is 22.7 Å². The van der Waals surface area contributed by atoms with Crippen LogP contribution in [-0.4, -0.2) is 33.8 Å². The second kappa shape index (κ2) is 8.33. The Bertz CT molecular complexity index is 498. The monoisotopic (exact) mass is 335 g/mol. The summed E-state index contributed by atoms with van der Waals surface area (Å²) in [6.07, 6.45) is -1.44. The first-order chi connectivity index (χ1) is 10.6. The molecule has 0 unspecified atom stereocenters. The van der Waals surface area contributed by atoms with Crippen molar-refractivity contribution in [3.05, 3.63) is 18.2 Å². The number of nitrogens with one attached hydrogen (secondary N) is 1. The molecule has 0 saturated heterocycles. The number of hydrogen-bond acceptors (Lipinski definition) is 4. The average Bonchev–Trinajstić information content (AvgIpc) is 2.78. The predicted octanol–water partition coefficient (Wildman–Crippen LogP) is 2.90. The first kappa shape index (κ1) is 19.5. The third-order valence-electron chi connectivity index (χ3n) is 3.00. The molecule has 0 spiro atoms. The molecule has 132 valence electrons. The van der Waals surface area contributed by atoms with E-state index in [0.717, 1.165) is 4.57 Å². The maximum atomic E-state index is 12.5. The van der Waals surface area contributed by atoms with E-state index in [1.165, 1.54) is 12.4 Å². The minimum absolute atomic E-state index is 0.0632. The van der Waals surface area contributed by atoms with Crippen molar-refractivity contribution in [1.29, 1.82) is 0 Å². The maximum absolute atomic E-state index is 12.5. The summed E-state index contributed by atoms with van der Waals surface area (Å²) in [4.78, 5) is 16.0. The lowest BCUT2D eigenvalue weighted by atomic mass is 10.0. The standard InChI is InChI=1S/C15H24F3N3O2/c1-10(2)7-12(14(22)23-11(3)4)20-8-13-19-5-6-21(13)9-15(16,17)18/h5-6,10-12,20H,7-9H2,1-4H3/t12-/m0/s1. The van der Waals surface area contributed by atoms with Crippen molar-refractivity contribution in [3.8, 4) is 0 Å². The first-order valence-electron chi connectivity index (χ1n) is 7.59. The Morgan fingerprint density at radius 1 is 1.35 bits per heavy atom. The molecule has 0 saturated carbocycles. The van der Waals surface area contributed by atoms with Gasteiger partial charge in [0.25, 0.3) is 0 Å². The zero-order chi connectivity index (χ0) is 17.6. The molecule has 0 aliphatic heterocycles. The lowest BCUT2D eigenvalue weighted by Crippen LogP contribution is -2.40. The van der Waals surface area contributed by atoms with E-state index in [0.29, 0.717) is 6.42 Å². The number of aromatic nitrogens is 2. The van der Waals surface area contributed by atoms with Crippen molar-refractivity contribution in [1.82, 2.24) is 14.9 Å². The Morgan fingerprint density at radius 3 is 2.52 bits per heavy atom. The van der Waals surface area contributed by atoms with Crippen molar-refractivity contribution in [2.45, 2.75) is 65.5 Å². The van der Waals surface area contributed by atoms with E-state index in [4.69, 9.17) is 4.74 Å². The van der Waals surface area contributed by atoms with Gasteiger partial charge in [0.05, 0.1) is 12.6 Å². The Balaban J connectivity index is 2.71. The number of carbonyl (C=O) groups is 1. The molecule has 1 heterocycles. The second-order valence-electron chi connectivity index (χ2n) is 6.14. The fourth-order valence-electron chi connectivity index (χ4n) is 2.11. The molecule has 0 radical (unpaired) electrons. The molecule has 1 aromatic rings. The van der Waals surface area contributed by atoms with E-state index in [1.54, 1.807) is 13.8 Å². The van der Waals surface area contributed by atoms with Crippen LogP contribution in [-0.2, 0) is 22.6 Å². The molecule has 0 fully saturated rings. The summed E-state index contributed by atoms with van der Waals surface area (Å²) in [5, 5.41) is 2.96. The topological polar surface area (TPSA) is 56.2 Å². The number of imidazole rings is 1. The second-order valence-corrected chi connectivity index (χ2v) is 6.14. The molecule has 0 aliphatic rings. The summed E-state index contributed by atoms with van der Waals surface area (Å²) in [5.41, 5.74) is 0. The van der Waals surface area contributed by atoms with Gasteiger partial charge in [0.1, 0.15) is 18.4 Å². The van der Waals surface area contributed by atoms with Crippen LogP contribution in [0.25, 0.3) is 0 Å². The fourth-order valence-corrected chi connectivity index (χ4v) is 2.11. The Morgan fingerprint density at radius 2 is 2.00 bits per heavy atom. The number of ether oxygens (including phenoxy) is 1. The largest absolute Gasteiger partial charge is 0.462 e. The number of nitrogens with zero attached hydrogens (tertiary/aromatic N) is 2. The third kappa shape index (κ3) is 7.49. The Hall–Kier alpha value is -1.57. The van der Waals surface area contributed by atoms with Crippen LogP contribution in [0.15, 0.2) is 12.4 Å². The summed E-state index contributed by atoms with van der Waals surface area (Å²) >= 11 is 0. The van der Waals surface area contributed by atoms with E-state index < -0.39 is 24.7 Å². The molecule has 0 bridgehead atoms. The lowest BCUT2D eigenvalue weighted by Gasteiger charge is -2.21. The van der Waals surface area contributed by atoms with Crippen LogP contribution in [0.4, 0.5) is 13.2 Å². The van der Waals surface area contributed by atoms with Crippen LogP contribution in [0.5, 0.6) is 0 Å². The molecule has 0 aliphatic carbocycles. The number of esters is 1. The van der Waals surface area contributed by atoms with Gasteiger partial charge in [-0.05, 0) is 26.2 Å². The molecular formula is C15H24F3N3O2. The molecule has 1 N–H and O–H groups in total. The molecule has 8 heteroatoms. The van der Waals surface area contributed by atoms with Crippen LogP contribution >= 0.6 is 0 Å². The van der Waals surface area contributed by atoms with Gasteiger partial charge < -0.3 is 9.30 Å². The molecule has 0 aromatic carbocycles. The van der Waals surface area contributed by atoms with Crippen LogP contribution in [0.1, 0.15) is 39.9 Å². The predicted molar refractivity (Wildman–Crippen MR) is 79.6 cm³/mol. The van der Waals surface area contributed by atoms with Crippen molar-refractivity contribution >= 4 is 5.97 Å². The highest BCUT2D eigenvalue weighted by atomic mass is 19.4. The minimum atomic E-state index is -4.32. The summed E-state index contributed by atoms with van der Waals surface area (Å²) in [5.74, 6) is 0.0678. The van der Waals surface area contributed by atoms with E-state index in [2.05, 4.69) is 10.3 Å². The van der Waals surface area contributed by atoms with Crippen molar-refractivity contribution in [2.24, 2.45) is 5.92 Å². The SMILES string of the molecule is CC(C)C[C@H](NCc1nccn1CC(F)(F)F)C(=O)OC(C)C. The third-order valence-corrected chi connectivity index (χ3v) is 3.00. The van der Waals surface area contributed by atoms with Crippen LogP contribution in [0.2, 0.25) is 0 Å². The quantitative estimate of drug-likeness (QED) is 0.742. The van der Waals surface area contributed by atoms with Gasteiger partial charge in [0.15, 0.2) is 0 Å². The molecular weight excluding hydrogens is 311 g/mol. The summed E-state index contributed by atoms with van der Waals surface area (Å²) < 4.78 is 43.7. The molecule has 1 aromatic heterocycles. The Kier molecular flexibility index (Phi) is 7.05. The number of halogens is 3. The highest BCUT2D eigenvalue weighted by Gasteiger charge is 2.29. The highest BCUT2D eigenvalue weighted by molar-refractivity contribution is 5.75. The highest BCUT2D eigenvalue weighted by Crippen LogP contribution is 2.18. The molecule has 1 atom stereocenters.